The van der Waals surface area contributed by atoms with Gasteiger partial charge < -0.3 is 11.1 Å². The number of hydrogen-bond acceptors (Lipinski definition) is 4. The van der Waals surface area contributed by atoms with Gasteiger partial charge in [0.25, 0.3) is 5.91 Å². The van der Waals surface area contributed by atoms with Gasteiger partial charge in [-0.3, -0.25) is 4.79 Å². The highest BCUT2D eigenvalue weighted by molar-refractivity contribution is 9.10. The molecule has 0 aliphatic rings. The lowest BCUT2D eigenvalue weighted by atomic mass is 10.2. The van der Waals surface area contributed by atoms with Gasteiger partial charge in [0.2, 0.25) is 0 Å². The molecule has 0 bridgehead atoms. The molecule has 0 saturated carbocycles. The Balaban J connectivity index is 2.14. The number of anilines is 2. The van der Waals surface area contributed by atoms with Gasteiger partial charge >= 0.3 is 0 Å². The lowest BCUT2D eigenvalue weighted by molar-refractivity contribution is 0.102. The molecule has 6 heteroatoms. The second-order valence-corrected chi connectivity index (χ2v) is 4.12. The topological polar surface area (TPSA) is 80.9 Å². The van der Waals surface area contributed by atoms with E-state index in [4.69, 9.17) is 5.73 Å². The molecule has 2 rings (SSSR count). The molecule has 1 aromatic heterocycles. The van der Waals surface area contributed by atoms with E-state index in [1.54, 1.807) is 24.3 Å². The van der Waals surface area contributed by atoms with Crippen molar-refractivity contribution in [2.75, 3.05) is 11.1 Å². The van der Waals surface area contributed by atoms with Gasteiger partial charge in [-0.1, -0.05) is 6.07 Å². The number of aromatic nitrogens is 2. The van der Waals surface area contributed by atoms with Gasteiger partial charge in [-0.2, -0.15) is 0 Å². The molecular weight excluding hydrogens is 284 g/mol. The fraction of sp³-hybridized carbons (Fsp3) is 0. The summed E-state index contributed by atoms with van der Waals surface area (Å²) in [4.78, 5) is 19.8. The Kier molecular flexibility index (Phi) is 3.34. The van der Waals surface area contributed by atoms with Crippen molar-refractivity contribution < 1.29 is 4.79 Å². The lowest BCUT2D eigenvalue weighted by Gasteiger charge is -2.04. The zero-order valence-corrected chi connectivity index (χ0v) is 10.3. The minimum atomic E-state index is -0.270. The summed E-state index contributed by atoms with van der Waals surface area (Å²) in [5.74, 6) is 0.120. The molecule has 0 unspecified atom stereocenters. The van der Waals surface area contributed by atoms with Crippen molar-refractivity contribution in [3.63, 3.8) is 0 Å². The molecular formula is C11H9BrN4O. The number of nitrogens with zero attached hydrogens (tertiary/aromatic N) is 2. The fourth-order valence-electron chi connectivity index (χ4n) is 1.25. The molecule has 0 spiro atoms. The Morgan fingerprint density at radius 1 is 1.29 bits per heavy atom. The van der Waals surface area contributed by atoms with E-state index in [1.165, 1.54) is 12.4 Å². The van der Waals surface area contributed by atoms with Crippen LogP contribution in [0, 0.1) is 0 Å². The van der Waals surface area contributed by atoms with E-state index < -0.39 is 0 Å². The van der Waals surface area contributed by atoms with Crippen LogP contribution in [-0.2, 0) is 0 Å². The highest BCUT2D eigenvalue weighted by Crippen LogP contribution is 2.10. The molecule has 1 aromatic carbocycles. The molecule has 0 atom stereocenters. The quantitative estimate of drug-likeness (QED) is 0.831. The number of hydrogen-bond donors (Lipinski definition) is 2. The first-order valence-corrected chi connectivity index (χ1v) is 5.59. The van der Waals surface area contributed by atoms with Crippen molar-refractivity contribution >= 4 is 33.3 Å². The van der Waals surface area contributed by atoms with Crippen LogP contribution in [0.25, 0.3) is 0 Å². The Morgan fingerprint density at radius 3 is 2.76 bits per heavy atom. The number of amides is 1. The van der Waals surface area contributed by atoms with Crippen LogP contribution in [0.3, 0.4) is 0 Å². The number of nitrogen functional groups attached to an aromatic ring is 1. The van der Waals surface area contributed by atoms with E-state index in [9.17, 15) is 4.79 Å². The van der Waals surface area contributed by atoms with Crippen LogP contribution in [0.5, 0.6) is 0 Å². The van der Waals surface area contributed by atoms with Crippen LogP contribution in [0.4, 0.5) is 11.5 Å². The van der Waals surface area contributed by atoms with Crippen molar-refractivity contribution in [2.24, 2.45) is 0 Å². The molecule has 17 heavy (non-hydrogen) atoms. The van der Waals surface area contributed by atoms with Crippen LogP contribution in [0.1, 0.15) is 10.4 Å². The van der Waals surface area contributed by atoms with Gasteiger partial charge in [-0.15, -0.1) is 0 Å². The monoisotopic (exact) mass is 292 g/mol. The standard InChI is InChI=1S/C11H9BrN4O/c12-9-5-15-10(6-14-9)16-11(17)7-2-1-3-8(13)4-7/h1-6H,13H2,(H,15,16,17). The minimum absolute atomic E-state index is 0.270. The minimum Gasteiger partial charge on any atom is -0.399 e. The van der Waals surface area contributed by atoms with Crippen molar-refractivity contribution in [3.8, 4) is 0 Å². The highest BCUT2D eigenvalue weighted by atomic mass is 79.9. The summed E-state index contributed by atoms with van der Waals surface area (Å²) < 4.78 is 0.611. The van der Waals surface area contributed by atoms with Crippen molar-refractivity contribution in [2.45, 2.75) is 0 Å². The van der Waals surface area contributed by atoms with E-state index in [-0.39, 0.29) is 5.91 Å². The van der Waals surface area contributed by atoms with Gasteiger partial charge in [0, 0.05) is 11.3 Å². The summed E-state index contributed by atoms with van der Waals surface area (Å²) in [6.07, 6.45) is 2.98. The van der Waals surface area contributed by atoms with Crippen LogP contribution in [-0.4, -0.2) is 15.9 Å². The predicted molar refractivity (Wildman–Crippen MR) is 68.5 cm³/mol. The summed E-state index contributed by atoms with van der Waals surface area (Å²) in [6.45, 7) is 0. The number of benzene rings is 1. The van der Waals surface area contributed by atoms with Crippen molar-refractivity contribution in [1.82, 2.24) is 9.97 Å². The molecule has 3 N–H and O–H groups in total. The third-order valence-electron chi connectivity index (χ3n) is 2.01. The summed E-state index contributed by atoms with van der Waals surface area (Å²) in [7, 11) is 0. The number of nitrogens with two attached hydrogens (primary N) is 1. The Bertz CT molecular complexity index is 541. The summed E-state index contributed by atoms with van der Waals surface area (Å²) in [5.41, 5.74) is 6.62. The number of carbonyl (C=O) groups is 1. The van der Waals surface area contributed by atoms with Crippen LogP contribution in [0.15, 0.2) is 41.3 Å². The van der Waals surface area contributed by atoms with E-state index in [2.05, 4.69) is 31.2 Å². The second-order valence-electron chi connectivity index (χ2n) is 3.30. The van der Waals surface area contributed by atoms with Gasteiger partial charge in [-0.25, -0.2) is 9.97 Å². The maximum absolute atomic E-state index is 11.8. The molecule has 5 nitrogen and oxygen atoms in total. The smallest absolute Gasteiger partial charge is 0.256 e. The van der Waals surface area contributed by atoms with Crippen molar-refractivity contribution in [1.29, 1.82) is 0 Å². The van der Waals surface area contributed by atoms with Gasteiger partial charge in [0.05, 0.1) is 12.4 Å². The molecule has 1 amide bonds. The third kappa shape index (κ3) is 3.01. The maximum atomic E-state index is 11.8. The summed E-state index contributed by atoms with van der Waals surface area (Å²) >= 11 is 3.16. The average molecular weight is 293 g/mol. The number of rotatable bonds is 2. The predicted octanol–water partition coefficient (Wildman–Crippen LogP) is 2.07. The summed E-state index contributed by atoms with van der Waals surface area (Å²) in [6, 6.07) is 6.72. The van der Waals surface area contributed by atoms with E-state index in [0.29, 0.717) is 21.7 Å². The third-order valence-corrected chi connectivity index (χ3v) is 2.42. The Morgan fingerprint density at radius 2 is 2.12 bits per heavy atom. The van der Waals surface area contributed by atoms with Crippen LogP contribution in [0.2, 0.25) is 0 Å². The molecule has 2 aromatic rings. The van der Waals surface area contributed by atoms with Crippen molar-refractivity contribution in [3.05, 3.63) is 46.8 Å². The SMILES string of the molecule is Nc1cccc(C(=O)Nc2cnc(Br)cn2)c1. The van der Waals surface area contributed by atoms with E-state index >= 15 is 0 Å². The highest BCUT2D eigenvalue weighted by Gasteiger charge is 2.06. The lowest BCUT2D eigenvalue weighted by Crippen LogP contribution is -2.13. The molecule has 1 heterocycles. The number of halogens is 1. The molecule has 0 radical (unpaired) electrons. The Labute approximate surface area is 106 Å². The van der Waals surface area contributed by atoms with E-state index in [1.807, 2.05) is 0 Å². The van der Waals surface area contributed by atoms with Crippen LogP contribution >= 0.6 is 15.9 Å². The molecule has 0 aliphatic heterocycles. The van der Waals surface area contributed by atoms with Gasteiger partial charge in [0.15, 0.2) is 5.82 Å². The summed E-state index contributed by atoms with van der Waals surface area (Å²) in [5, 5.41) is 2.62. The molecule has 0 fully saturated rings. The average Bonchev–Trinajstić information content (AvgIpc) is 2.32. The van der Waals surface area contributed by atoms with Crippen LogP contribution < -0.4 is 11.1 Å². The second kappa shape index (κ2) is 4.92. The van der Waals surface area contributed by atoms with Gasteiger partial charge in [-0.05, 0) is 34.1 Å². The Hall–Kier alpha value is -1.95. The van der Waals surface area contributed by atoms with E-state index in [0.717, 1.165) is 0 Å². The van der Waals surface area contributed by atoms with Gasteiger partial charge in [0.1, 0.15) is 4.60 Å². The number of carbonyl (C=O) groups excluding carboxylic acids is 1. The first kappa shape index (κ1) is 11.5. The first-order chi connectivity index (χ1) is 8.15. The zero-order chi connectivity index (χ0) is 12.3. The zero-order valence-electron chi connectivity index (χ0n) is 8.72. The molecule has 86 valence electrons. The number of nitrogens with one attached hydrogen (secondary N) is 1. The normalized spacial score (nSPS) is 9.94. The maximum Gasteiger partial charge on any atom is 0.256 e. The molecule has 0 aliphatic carbocycles. The molecule has 0 saturated heterocycles. The first-order valence-electron chi connectivity index (χ1n) is 4.79. The fourth-order valence-corrected chi connectivity index (χ4v) is 1.45. The largest absolute Gasteiger partial charge is 0.399 e.